The lowest BCUT2D eigenvalue weighted by molar-refractivity contribution is 0.280. The Morgan fingerprint density at radius 1 is 2.00 bits per heavy atom. The van der Waals surface area contributed by atoms with Crippen LogP contribution in [0.3, 0.4) is 0 Å². The average Bonchev–Trinajstić information content (AvgIpc) is 2.42. The molecule has 1 rings (SSSR count). The summed E-state index contributed by atoms with van der Waals surface area (Å²) in [6.07, 6.45) is 0.251. The molecule has 1 saturated heterocycles. The van der Waals surface area contributed by atoms with E-state index in [2.05, 4.69) is 4.52 Å². The van der Waals surface area contributed by atoms with E-state index in [1.165, 1.54) is 0 Å². The molecular weight excluding hydrogens is 115 g/mol. The third kappa shape index (κ3) is 2.07. The first-order valence-electron chi connectivity index (χ1n) is 2.10. The Kier molecular flexibility index (Phi) is 1.86. The van der Waals surface area contributed by atoms with Crippen molar-refractivity contribution in [3.05, 3.63) is 0 Å². The minimum Gasteiger partial charge on any atom is -0.371 e. The van der Waals surface area contributed by atoms with Gasteiger partial charge in [-0.05, 0) is 0 Å². The lowest BCUT2D eigenvalue weighted by atomic mass is 10.5. The molecule has 1 heterocycles. The normalized spacial score (nSPS) is 29.4. The second kappa shape index (κ2) is 2.46. The maximum Gasteiger partial charge on any atom is 0.180 e. The van der Waals surface area contributed by atoms with Crippen molar-refractivity contribution in [2.45, 2.75) is 6.10 Å². The Labute approximate surface area is 42.9 Å². The van der Waals surface area contributed by atoms with Crippen LogP contribution in [0.2, 0.25) is 0 Å². The predicted molar refractivity (Wildman–Crippen MR) is 26.1 cm³/mol. The summed E-state index contributed by atoms with van der Waals surface area (Å²) in [6, 6.07) is 0. The van der Waals surface area contributed by atoms with Crippen LogP contribution >= 0.6 is 8.69 Å². The van der Waals surface area contributed by atoms with Crippen LogP contribution < -0.4 is 0 Å². The molecule has 2 atom stereocenters. The third-order valence-electron chi connectivity index (χ3n) is 0.753. The fraction of sp³-hybridized carbons (Fsp3) is 1.00. The largest absolute Gasteiger partial charge is 0.371 e. The summed E-state index contributed by atoms with van der Waals surface area (Å²) >= 11 is 0. The molecule has 2 unspecified atom stereocenters. The second-order valence-electron chi connectivity index (χ2n) is 1.38. The van der Waals surface area contributed by atoms with Crippen LogP contribution in [0.5, 0.6) is 0 Å². The highest BCUT2D eigenvalue weighted by Gasteiger charge is 2.21. The van der Waals surface area contributed by atoms with Crippen molar-refractivity contribution in [1.29, 1.82) is 0 Å². The summed E-state index contributed by atoms with van der Waals surface area (Å²) in [4.78, 5) is 0. The molecule has 4 heteroatoms. The van der Waals surface area contributed by atoms with Crippen LogP contribution in [0.15, 0.2) is 0 Å². The highest BCUT2D eigenvalue weighted by Crippen LogP contribution is 2.10. The Hall–Kier alpha value is 0.150. The van der Waals surface area contributed by atoms with Gasteiger partial charge in [-0.15, -0.1) is 0 Å². The van der Waals surface area contributed by atoms with E-state index in [9.17, 15) is 4.57 Å². The highest BCUT2D eigenvalue weighted by molar-refractivity contribution is 7.17. The van der Waals surface area contributed by atoms with E-state index < -0.39 is 8.69 Å². The summed E-state index contributed by atoms with van der Waals surface area (Å²) in [6.45, 7) is 1.29. The molecule has 1 fully saturated rings. The van der Waals surface area contributed by atoms with Gasteiger partial charge in [-0.3, -0.25) is 4.57 Å². The van der Waals surface area contributed by atoms with Gasteiger partial charge < -0.3 is 9.26 Å². The van der Waals surface area contributed by atoms with Crippen LogP contribution in [0.4, 0.5) is 0 Å². The van der Waals surface area contributed by atoms with Crippen molar-refractivity contribution in [3.8, 4) is 0 Å². The Bertz CT molecular complexity index is 70.6. The smallest absolute Gasteiger partial charge is 0.180 e. The van der Waals surface area contributed by atoms with Crippen molar-refractivity contribution in [2.75, 3.05) is 13.2 Å². The number of hydrogen-bond donors (Lipinski definition) is 0. The summed E-state index contributed by atoms with van der Waals surface area (Å²) in [5.41, 5.74) is 0. The quantitative estimate of drug-likeness (QED) is 0.393. The zero-order valence-corrected chi connectivity index (χ0v) is 4.95. The van der Waals surface area contributed by atoms with Gasteiger partial charge in [0.1, 0.15) is 6.10 Å². The van der Waals surface area contributed by atoms with Gasteiger partial charge in [0.2, 0.25) is 0 Å². The Morgan fingerprint density at radius 3 is 3.14 bits per heavy atom. The molecule has 0 aromatic heterocycles. The highest BCUT2D eigenvalue weighted by atomic mass is 31.1. The zero-order valence-electron chi connectivity index (χ0n) is 3.79. The molecule has 0 spiro atoms. The standard InChI is InChI=1S/C3H7O3P/c4-7-6-2-3-1-5-3/h3H,1-2,7H2. The van der Waals surface area contributed by atoms with Gasteiger partial charge in [0.25, 0.3) is 0 Å². The fourth-order valence-corrected chi connectivity index (χ4v) is 0.604. The third-order valence-corrected chi connectivity index (χ3v) is 1.08. The van der Waals surface area contributed by atoms with E-state index in [-0.39, 0.29) is 6.10 Å². The summed E-state index contributed by atoms with van der Waals surface area (Å²) in [5.74, 6) is 0. The maximum absolute atomic E-state index is 9.67. The van der Waals surface area contributed by atoms with Crippen molar-refractivity contribution >= 4 is 8.69 Å². The number of rotatable bonds is 3. The minimum atomic E-state index is -1.03. The second-order valence-corrected chi connectivity index (χ2v) is 1.91. The molecule has 3 nitrogen and oxygen atoms in total. The molecule has 1 aliphatic rings. The molecule has 1 aliphatic heterocycles. The van der Waals surface area contributed by atoms with Crippen LogP contribution in [-0.2, 0) is 13.8 Å². The molecular formula is C3H7O3P. The van der Waals surface area contributed by atoms with E-state index in [1.807, 2.05) is 0 Å². The molecule has 0 radical (unpaired) electrons. The summed E-state index contributed by atoms with van der Waals surface area (Å²) in [5, 5.41) is 0. The molecule has 0 N–H and O–H groups in total. The molecule has 0 amide bonds. The van der Waals surface area contributed by atoms with Crippen molar-refractivity contribution in [2.24, 2.45) is 0 Å². The van der Waals surface area contributed by atoms with Crippen molar-refractivity contribution in [1.82, 2.24) is 0 Å². The minimum absolute atomic E-state index is 0.251. The number of epoxide rings is 1. The van der Waals surface area contributed by atoms with Crippen LogP contribution in [0.25, 0.3) is 0 Å². The first-order valence-corrected chi connectivity index (χ1v) is 3.04. The molecule has 0 saturated carbocycles. The van der Waals surface area contributed by atoms with Gasteiger partial charge in [0.15, 0.2) is 8.69 Å². The van der Waals surface area contributed by atoms with Gasteiger partial charge >= 0.3 is 0 Å². The predicted octanol–water partition coefficient (Wildman–Crippen LogP) is 0.0731. The fourth-order valence-electron chi connectivity index (χ4n) is 0.311. The monoisotopic (exact) mass is 122 g/mol. The Balaban J connectivity index is 1.88. The van der Waals surface area contributed by atoms with Crippen molar-refractivity contribution < 1.29 is 13.8 Å². The zero-order chi connectivity index (χ0) is 5.11. The van der Waals surface area contributed by atoms with Gasteiger partial charge in [-0.25, -0.2) is 0 Å². The van der Waals surface area contributed by atoms with E-state index in [0.717, 1.165) is 6.61 Å². The number of ether oxygens (including phenoxy) is 1. The summed E-state index contributed by atoms with van der Waals surface area (Å²) in [7, 11) is -1.03. The Morgan fingerprint density at radius 2 is 2.71 bits per heavy atom. The van der Waals surface area contributed by atoms with E-state index in [1.54, 1.807) is 0 Å². The van der Waals surface area contributed by atoms with Crippen molar-refractivity contribution in [3.63, 3.8) is 0 Å². The first-order chi connectivity index (χ1) is 3.43. The SMILES string of the molecule is O=[PH2]OCC1CO1. The van der Waals surface area contributed by atoms with Gasteiger partial charge in [0.05, 0.1) is 13.2 Å². The van der Waals surface area contributed by atoms with Gasteiger partial charge in [0, 0.05) is 0 Å². The van der Waals surface area contributed by atoms with E-state index in [0.29, 0.717) is 6.61 Å². The maximum atomic E-state index is 9.67. The molecule has 0 bridgehead atoms. The lowest BCUT2D eigenvalue weighted by Gasteiger charge is -1.84. The van der Waals surface area contributed by atoms with Crippen LogP contribution in [-0.4, -0.2) is 19.3 Å². The number of hydrogen-bond acceptors (Lipinski definition) is 3. The van der Waals surface area contributed by atoms with Crippen LogP contribution in [0.1, 0.15) is 0 Å². The van der Waals surface area contributed by atoms with Gasteiger partial charge in [-0.1, -0.05) is 0 Å². The average molecular weight is 122 g/mol. The molecule has 0 aromatic rings. The lowest BCUT2D eigenvalue weighted by Crippen LogP contribution is -1.91. The topological polar surface area (TPSA) is 38.8 Å². The van der Waals surface area contributed by atoms with Crippen LogP contribution in [0, 0.1) is 0 Å². The first kappa shape index (κ1) is 5.29. The molecule has 7 heavy (non-hydrogen) atoms. The molecule has 0 aromatic carbocycles. The summed E-state index contributed by atoms with van der Waals surface area (Å²) < 4.78 is 19.0. The molecule has 42 valence electrons. The van der Waals surface area contributed by atoms with E-state index in [4.69, 9.17) is 4.74 Å². The molecule has 0 aliphatic carbocycles. The van der Waals surface area contributed by atoms with E-state index >= 15 is 0 Å². The van der Waals surface area contributed by atoms with Gasteiger partial charge in [-0.2, -0.15) is 0 Å².